The molecule has 1 aliphatic heterocycles. The highest BCUT2D eigenvalue weighted by Gasteiger charge is 2.14. The molecule has 1 aromatic heterocycles. The number of aromatic nitrogens is 2. The highest BCUT2D eigenvalue weighted by molar-refractivity contribution is 5.84. The Hall–Kier alpha value is -3.21. The van der Waals surface area contributed by atoms with Crippen molar-refractivity contribution in [2.24, 2.45) is 0 Å². The van der Waals surface area contributed by atoms with Crippen LogP contribution in [0.3, 0.4) is 0 Å². The van der Waals surface area contributed by atoms with E-state index in [4.69, 9.17) is 10.00 Å². The van der Waals surface area contributed by atoms with Gasteiger partial charge in [-0.1, -0.05) is 18.2 Å². The molecule has 0 aliphatic carbocycles. The molecule has 1 fully saturated rings. The fourth-order valence-corrected chi connectivity index (χ4v) is 3.28. The lowest BCUT2D eigenvalue weighted by Gasteiger charge is -2.32. The molecular weight excluding hydrogens is 364 g/mol. The zero-order chi connectivity index (χ0) is 20.2. The first-order valence-electron chi connectivity index (χ1n) is 9.74. The Morgan fingerprint density at radius 3 is 2.52 bits per heavy atom. The third kappa shape index (κ3) is 4.62. The van der Waals surface area contributed by atoms with E-state index in [9.17, 15) is 0 Å². The van der Waals surface area contributed by atoms with Crippen molar-refractivity contribution >= 4 is 16.9 Å². The topological polar surface area (TPSA) is 77.3 Å². The number of benzene rings is 2. The molecular formula is C22H24N6O. The first-order valence-corrected chi connectivity index (χ1v) is 9.74. The Balaban J connectivity index is 1.49. The summed E-state index contributed by atoms with van der Waals surface area (Å²) in [4.78, 5) is 11.4. The molecule has 7 nitrogen and oxygen atoms in total. The standard InChI is InChI=1S/C22H24N6O/c1-16(14-23)29-20-6-3-17(4-7-20)18-5-8-21-19(13-18)15-24-22(25-21)26-28-11-9-27(2)10-12-28/h3-8,13,15-16H,9-12H2,1-2H3,(H,24,25,26). The Kier molecular flexibility index (Phi) is 5.56. The Labute approximate surface area is 170 Å². The number of nitriles is 1. The van der Waals surface area contributed by atoms with E-state index in [0.717, 1.165) is 48.2 Å². The van der Waals surface area contributed by atoms with Crippen LogP contribution in [-0.4, -0.2) is 59.2 Å². The molecule has 3 aromatic rings. The Morgan fingerprint density at radius 2 is 1.79 bits per heavy atom. The average molecular weight is 388 g/mol. The molecule has 7 heteroatoms. The van der Waals surface area contributed by atoms with Crippen molar-refractivity contribution in [2.45, 2.75) is 13.0 Å². The molecule has 1 saturated heterocycles. The maximum absolute atomic E-state index is 8.86. The van der Waals surface area contributed by atoms with Crippen molar-refractivity contribution in [3.63, 3.8) is 0 Å². The van der Waals surface area contributed by atoms with Gasteiger partial charge in [0.25, 0.3) is 0 Å². The van der Waals surface area contributed by atoms with Crippen LogP contribution in [0.2, 0.25) is 0 Å². The summed E-state index contributed by atoms with van der Waals surface area (Å²) in [6.45, 7) is 5.68. The van der Waals surface area contributed by atoms with Crippen LogP contribution >= 0.6 is 0 Å². The molecule has 0 bridgehead atoms. The van der Waals surface area contributed by atoms with Crippen molar-refractivity contribution in [2.75, 3.05) is 38.7 Å². The van der Waals surface area contributed by atoms with E-state index in [1.807, 2.05) is 36.5 Å². The molecule has 1 unspecified atom stereocenters. The number of hydrazine groups is 1. The molecule has 0 amide bonds. The number of likely N-dealkylation sites (N-methyl/N-ethyl adjacent to an activating group) is 1. The van der Waals surface area contributed by atoms with Gasteiger partial charge in [-0.05, 0) is 49.4 Å². The fourth-order valence-electron chi connectivity index (χ4n) is 3.28. The molecule has 1 atom stereocenters. The number of fused-ring (bicyclic) bond motifs is 1. The van der Waals surface area contributed by atoms with Gasteiger partial charge in [0, 0.05) is 37.8 Å². The van der Waals surface area contributed by atoms with Crippen LogP contribution in [0.4, 0.5) is 5.95 Å². The molecule has 0 saturated carbocycles. The second-order valence-corrected chi connectivity index (χ2v) is 7.28. The van der Waals surface area contributed by atoms with Crippen molar-refractivity contribution in [3.05, 3.63) is 48.7 Å². The van der Waals surface area contributed by atoms with Crippen LogP contribution in [0.1, 0.15) is 6.92 Å². The SMILES string of the molecule is CC(C#N)Oc1ccc(-c2ccc3nc(NN4CCN(C)CC4)ncc3c2)cc1. The minimum Gasteiger partial charge on any atom is -0.476 e. The highest BCUT2D eigenvalue weighted by atomic mass is 16.5. The quantitative estimate of drug-likeness (QED) is 0.719. The minimum atomic E-state index is -0.465. The minimum absolute atomic E-state index is 0.465. The van der Waals surface area contributed by atoms with E-state index < -0.39 is 6.10 Å². The van der Waals surface area contributed by atoms with Gasteiger partial charge in [-0.3, -0.25) is 5.43 Å². The van der Waals surface area contributed by atoms with Crippen LogP contribution < -0.4 is 10.2 Å². The van der Waals surface area contributed by atoms with E-state index in [1.54, 1.807) is 6.92 Å². The summed E-state index contributed by atoms with van der Waals surface area (Å²) in [6, 6.07) is 16.0. The number of piperazine rings is 1. The van der Waals surface area contributed by atoms with Gasteiger partial charge in [0.1, 0.15) is 11.8 Å². The number of hydrogen-bond acceptors (Lipinski definition) is 7. The second-order valence-electron chi connectivity index (χ2n) is 7.28. The lowest BCUT2D eigenvalue weighted by molar-refractivity contribution is 0.178. The Bertz CT molecular complexity index is 1020. The lowest BCUT2D eigenvalue weighted by Crippen LogP contribution is -2.47. The number of anilines is 1. The van der Waals surface area contributed by atoms with Gasteiger partial charge in [-0.2, -0.15) is 5.26 Å². The zero-order valence-corrected chi connectivity index (χ0v) is 16.7. The van der Waals surface area contributed by atoms with Gasteiger partial charge >= 0.3 is 0 Å². The predicted octanol–water partition coefficient (Wildman–Crippen LogP) is 3.16. The molecule has 1 aliphatic rings. The fraction of sp³-hybridized carbons (Fsp3) is 0.318. The first-order chi connectivity index (χ1) is 14.1. The van der Waals surface area contributed by atoms with Gasteiger partial charge < -0.3 is 9.64 Å². The normalized spacial score (nSPS) is 16.3. The van der Waals surface area contributed by atoms with Crippen LogP contribution in [0.25, 0.3) is 22.0 Å². The molecule has 4 rings (SSSR count). The van der Waals surface area contributed by atoms with Crippen molar-refractivity contribution in [1.82, 2.24) is 19.9 Å². The Morgan fingerprint density at radius 1 is 1.07 bits per heavy atom. The van der Waals surface area contributed by atoms with Gasteiger partial charge in [-0.15, -0.1) is 0 Å². The monoisotopic (exact) mass is 388 g/mol. The van der Waals surface area contributed by atoms with Crippen LogP contribution in [0.15, 0.2) is 48.7 Å². The molecule has 2 heterocycles. The number of hydrogen-bond donors (Lipinski definition) is 1. The summed E-state index contributed by atoms with van der Waals surface area (Å²) in [6.07, 6.45) is 1.39. The second kappa shape index (κ2) is 8.43. The largest absolute Gasteiger partial charge is 0.476 e. The number of rotatable bonds is 5. The van der Waals surface area contributed by atoms with Crippen LogP contribution in [0.5, 0.6) is 5.75 Å². The number of nitrogens with zero attached hydrogens (tertiary/aromatic N) is 5. The van der Waals surface area contributed by atoms with E-state index in [1.165, 1.54) is 0 Å². The van der Waals surface area contributed by atoms with Gasteiger partial charge in [0.15, 0.2) is 6.10 Å². The van der Waals surface area contributed by atoms with E-state index in [-0.39, 0.29) is 0 Å². The summed E-state index contributed by atoms with van der Waals surface area (Å²) in [5.74, 6) is 1.31. The molecule has 148 valence electrons. The van der Waals surface area contributed by atoms with Crippen molar-refractivity contribution in [3.8, 4) is 22.9 Å². The van der Waals surface area contributed by atoms with E-state index in [2.05, 4.69) is 50.6 Å². The summed E-state index contributed by atoms with van der Waals surface area (Å²) in [7, 11) is 2.13. The third-order valence-electron chi connectivity index (χ3n) is 5.02. The highest BCUT2D eigenvalue weighted by Crippen LogP contribution is 2.26. The summed E-state index contributed by atoms with van der Waals surface area (Å²) < 4.78 is 5.51. The third-order valence-corrected chi connectivity index (χ3v) is 5.02. The zero-order valence-electron chi connectivity index (χ0n) is 16.7. The molecule has 0 spiro atoms. The molecule has 29 heavy (non-hydrogen) atoms. The average Bonchev–Trinajstić information content (AvgIpc) is 2.75. The van der Waals surface area contributed by atoms with Crippen LogP contribution in [-0.2, 0) is 0 Å². The molecule has 1 N–H and O–H groups in total. The van der Waals surface area contributed by atoms with Gasteiger partial charge in [-0.25, -0.2) is 15.0 Å². The van der Waals surface area contributed by atoms with Gasteiger partial charge in [0.05, 0.1) is 5.52 Å². The summed E-state index contributed by atoms with van der Waals surface area (Å²) in [5, 5.41) is 12.0. The number of ether oxygens (including phenoxy) is 1. The predicted molar refractivity (Wildman–Crippen MR) is 113 cm³/mol. The molecule has 2 aromatic carbocycles. The van der Waals surface area contributed by atoms with Crippen LogP contribution in [0, 0.1) is 11.3 Å². The first kappa shape index (κ1) is 19.1. The summed E-state index contributed by atoms with van der Waals surface area (Å²) >= 11 is 0. The van der Waals surface area contributed by atoms with Crippen molar-refractivity contribution < 1.29 is 4.74 Å². The van der Waals surface area contributed by atoms with E-state index >= 15 is 0 Å². The smallest absolute Gasteiger partial charge is 0.238 e. The van der Waals surface area contributed by atoms with Gasteiger partial charge in [0.2, 0.25) is 5.95 Å². The molecule has 0 radical (unpaired) electrons. The maximum Gasteiger partial charge on any atom is 0.238 e. The maximum atomic E-state index is 8.86. The summed E-state index contributed by atoms with van der Waals surface area (Å²) in [5.41, 5.74) is 6.38. The number of nitrogens with one attached hydrogen (secondary N) is 1. The lowest BCUT2D eigenvalue weighted by atomic mass is 10.0. The van der Waals surface area contributed by atoms with Crippen molar-refractivity contribution in [1.29, 1.82) is 5.26 Å². The van der Waals surface area contributed by atoms with E-state index in [0.29, 0.717) is 11.7 Å².